The fourth-order valence-electron chi connectivity index (χ4n) is 2.42. The fourth-order valence-corrected chi connectivity index (χ4v) is 2.54. The second-order valence-corrected chi connectivity index (χ2v) is 6.30. The normalized spacial score (nSPS) is 10.4. The maximum Gasteiger partial charge on any atom is 0.254 e. The molecule has 0 unspecified atom stereocenters. The predicted octanol–water partition coefficient (Wildman–Crippen LogP) is 4.15. The SMILES string of the molecule is Cc1ccccc1Nc1ncc(C(=O)NCCc2ccc(Cl)cc2)cn1. The number of carbonyl (C=O) groups is 1. The second-order valence-electron chi connectivity index (χ2n) is 5.87. The average molecular weight is 367 g/mol. The number of nitrogens with zero attached hydrogens (tertiary/aromatic N) is 2. The van der Waals surface area contributed by atoms with Gasteiger partial charge in [-0.05, 0) is 42.7 Å². The van der Waals surface area contributed by atoms with Crippen LogP contribution in [0.1, 0.15) is 21.5 Å². The molecule has 132 valence electrons. The zero-order valence-corrected chi connectivity index (χ0v) is 15.1. The first-order valence-electron chi connectivity index (χ1n) is 8.29. The van der Waals surface area contributed by atoms with Gasteiger partial charge in [-0.1, -0.05) is 41.9 Å². The van der Waals surface area contributed by atoms with E-state index in [2.05, 4.69) is 20.6 Å². The third-order valence-electron chi connectivity index (χ3n) is 3.92. The highest BCUT2D eigenvalue weighted by atomic mass is 35.5. The van der Waals surface area contributed by atoms with Gasteiger partial charge in [-0.25, -0.2) is 9.97 Å². The Bertz CT molecular complexity index is 879. The van der Waals surface area contributed by atoms with Crippen LogP contribution in [-0.4, -0.2) is 22.4 Å². The van der Waals surface area contributed by atoms with E-state index in [1.165, 1.54) is 12.4 Å². The summed E-state index contributed by atoms with van der Waals surface area (Å²) in [5, 5.41) is 6.71. The molecule has 0 atom stereocenters. The van der Waals surface area contributed by atoms with Gasteiger partial charge in [0.2, 0.25) is 5.95 Å². The van der Waals surface area contributed by atoms with E-state index >= 15 is 0 Å². The Morgan fingerprint density at radius 1 is 1.04 bits per heavy atom. The van der Waals surface area contributed by atoms with Crippen LogP contribution >= 0.6 is 11.6 Å². The zero-order valence-electron chi connectivity index (χ0n) is 14.4. The first-order chi connectivity index (χ1) is 12.6. The van der Waals surface area contributed by atoms with Crippen molar-refractivity contribution in [1.82, 2.24) is 15.3 Å². The lowest BCUT2D eigenvalue weighted by molar-refractivity contribution is 0.0953. The molecular formula is C20H19ClN4O. The Hall–Kier alpha value is -2.92. The molecule has 0 saturated heterocycles. The molecule has 1 amide bonds. The summed E-state index contributed by atoms with van der Waals surface area (Å²) in [7, 11) is 0. The number of aryl methyl sites for hydroxylation is 1. The maximum atomic E-state index is 12.2. The molecule has 0 saturated carbocycles. The number of aromatic nitrogens is 2. The highest BCUT2D eigenvalue weighted by Gasteiger charge is 2.07. The van der Waals surface area contributed by atoms with E-state index in [4.69, 9.17) is 11.6 Å². The summed E-state index contributed by atoms with van der Waals surface area (Å²) < 4.78 is 0. The third kappa shape index (κ3) is 4.80. The first-order valence-corrected chi connectivity index (χ1v) is 8.67. The van der Waals surface area contributed by atoms with Gasteiger partial charge in [-0.15, -0.1) is 0 Å². The van der Waals surface area contributed by atoms with Crippen LogP contribution in [0.15, 0.2) is 60.9 Å². The fraction of sp³-hybridized carbons (Fsp3) is 0.150. The summed E-state index contributed by atoms with van der Waals surface area (Å²) in [6.07, 6.45) is 3.77. The van der Waals surface area contributed by atoms with Crippen LogP contribution in [0.2, 0.25) is 5.02 Å². The van der Waals surface area contributed by atoms with Crippen LogP contribution in [-0.2, 0) is 6.42 Å². The van der Waals surface area contributed by atoms with E-state index in [9.17, 15) is 4.79 Å². The predicted molar refractivity (Wildman–Crippen MR) is 104 cm³/mol. The van der Waals surface area contributed by atoms with Gasteiger partial charge in [0.15, 0.2) is 0 Å². The van der Waals surface area contributed by atoms with E-state index in [1.54, 1.807) is 0 Å². The number of benzene rings is 2. The highest BCUT2D eigenvalue weighted by Crippen LogP contribution is 2.17. The minimum Gasteiger partial charge on any atom is -0.352 e. The number of rotatable bonds is 6. The molecule has 2 aromatic carbocycles. The average Bonchev–Trinajstić information content (AvgIpc) is 2.66. The van der Waals surface area contributed by atoms with Crippen molar-refractivity contribution in [3.05, 3.63) is 82.6 Å². The first kappa shape index (κ1) is 17.9. The van der Waals surface area contributed by atoms with Gasteiger partial charge >= 0.3 is 0 Å². The molecule has 3 aromatic rings. The van der Waals surface area contributed by atoms with Crippen LogP contribution in [0.4, 0.5) is 11.6 Å². The van der Waals surface area contributed by atoms with Gasteiger partial charge in [0.05, 0.1) is 5.56 Å². The monoisotopic (exact) mass is 366 g/mol. The van der Waals surface area contributed by atoms with Crippen molar-refractivity contribution in [1.29, 1.82) is 0 Å². The number of hydrogen-bond donors (Lipinski definition) is 2. The van der Waals surface area contributed by atoms with E-state index in [-0.39, 0.29) is 5.91 Å². The van der Waals surface area contributed by atoms with Gasteiger partial charge in [0.25, 0.3) is 5.91 Å². The number of carbonyl (C=O) groups excluding carboxylic acids is 1. The summed E-state index contributed by atoms with van der Waals surface area (Å²) in [6, 6.07) is 15.4. The molecule has 1 heterocycles. The van der Waals surface area contributed by atoms with Crippen molar-refractivity contribution >= 4 is 29.1 Å². The molecule has 0 radical (unpaired) electrons. The number of hydrogen-bond acceptors (Lipinski definition) is 4. The summed E-state index contributed by atoms with van der Waals surface area (Å²) in [5.41, 5.74) is 3.58. The Kier molecular flexibility index (Phi) is 5.81. The summed E-state index contributed by atoms with van der Waals surface area (Å²) in [4.78, 5) is 20.6. The van der Waals surface area contributed by atoms with Gasteiger partial charge in [0, 0.05) is 29.6 Å². The lowest BCUT2D eigenvalue weighted by atomic mass is 10.1. The van der Waals surface area contributed by atoms with Gasteiger partial charge in [0.1, 0.15) is 0 Å². The molecule has 6 heteroatoms. The molecule has 1 aromatic heterocycles. The lowest BCUT2D eigenvalue weighted by Gasteiger charge is -2.08. The highest BCUT2D eigenvalue weighted by molar-refractivity contribution is 6.30. The van der Waals surface area contributed by atoms with Crippen molar-refractivity contribution in [2.75, 3.05) is 11.9 Å². The molecule has 0 bridgehead atoms. The second kappa shape index (κ2) is 8.45. The van der Waals surface area contributed by atoms with Crippen molar-refractivity contribution in [2.45, 2.75) is 13.3 Å². The Morgan fingerprint density at radius 2 is 1.73 bits per heavy atom. The van der Waals surface area contributed by atoms with E-state index in [1.807, 2.05) is 55.5 Å². The molecule has 5 nitrogen and oxygen atoms in total. The molecular weight excluding hydrogens is 348 g/mol. The Balaban J connectivity index is 1.53. The molecule has 2 N–H and O–H groups in total. The van der Waals surface area contributed by atoms with Crippen molar-refractivity contribution < 1.29 is 4.79 Å². The topological polar surface area (TPSA) is 66.9 Å². The number of amides is 1. The number of para-hydroxylation sites is 1. The largest absolute Gasteiger partial charge is 0.352 e. The minimum atomic E-state index is -0.193. The van der Waals surface area contributed by atoms with Crippen LogP contribution in [0.3, 0.4) is 0 Å². The molecule has 3 rings (SSSR count). The van der Waals surface area contributed by atoms with Gasteiger partial charge in [-0.2, -0.15) is 0 Å². The molecule has 0 spiro atoms. The number of halogens is 1. The number of anilines is 2. The Morgan fingerprint density at radius 3 is 2.42 bits per heavy atom. The van der Waals surface area contributed by atoms with E-state index in [0.717, 1.165) is 23.2 Å². The maximum absolute atomic E-state index is 12.2. The summed E-state index contributed by atoms with van der Waals surface area (Å²) in [5.74, 6) is 0.262. The van der Waals surface area contributed by atoms with E-state index < -0.39 is 0 Å². The van der Waals surface area contributed by atoms with Gasteiger partial charge < -0.3 is 10.6 Å². The molecule has 0 aliphatic heterocycles. The van der Waals surface area contributed by atoms with Gasteiger partial charge in [-0.3, -0.25) is 4.79 Å². The van der Waals surface area contributed by atoms with Crippen LogP contribution in [0, 0.1) is 6.92 Å². The Labute approximate surface area is 157 Å². The molecule has 0 aliphatic carbocycles. The lowest BCUT2D eigenvalue weighted by Crippen LogP contribution is -2.26. The van der Waals surface area contributed by atoms with E-state index in [0.29, 0.717) is 23.1 Å². The zero-order chi connectivity index (χ0) is 18.4. The number of nitrogens with one attached hydrogen (secondary N) is 2. The summed E-state index contributed by atoms with van der Waals surface area (Å²) >= 11 is 5.86. The summed E-state index contributed by atoms with van der Waals surface area (Å²) in [6.45, 7) is 2.54. The molecule has 0 aliphatic rings. The standard InChI is InChI=1S/C20H19ClN4O/c1-14-4-2-3-5-18(14)25-20-23-12-16(13-24-20)19(26)22-11-10-15-6-8-17(21)9-7-15/h2-9,12-13H,10-11H2,1H3,(H,22,26)(H,23,24,25). The van der Waals surface area contributed by atoms with Crippen molar-refractivity contribution in [2.24, 2.45) is 0 Å². The van der Waals surface area contributed by atoms with Crippen LogP contribution in [0.5, 0.6) is 0 Å². The molecule has 0 fully saturated rings. The van der Waals surface area contributed by atoms with Crippen LogP contribution < -0.4 is 10.6 Å². The minimum absolute atomic E-state index is 0.193. The third-order valence-corrected chi connectivity index (χ3v) is 4.17. The quantitative estimate of drug-likeness (QED) is 0.687. The van der Waals surface area contributed by atoms with Crippen molar-refractivity contribution in [3.8, 4) is 0 Å². The van der Waals surface area contributed by atoms with Crippen LogP contribution in [0.25, 0.3) is 0 Å². The molecule has 26 heavy (non-hydrogen) atoms. The smallest absolute Gasteiger partial charge is 0.254 e. The van der Waals surface area contributed by atoms with Crippen molar-refractivity contribution in [3.63, 3.8) is 0 Å².